The number of benzene rings is 1. The highest BCUT2D eigenvalue weighted by atomic mass is 35.5. The fourth-order valence-electron chi connectivity index (χ4n) is 1.78. The van der Waals surface area contributed by atoms with Gasteiger partial charge in [-0.15, -0.1) is 12.4 Å². The Balaban J connectivity index is 0.00000180. The van der Waals surface area contributed by atoms with Gasteiger partial charge >= 0.3 is 0 Å². The fourth-order valence-corrected chi connectivity index (χ4v) is 2.73. The third-order valence-electron chi connectivity index (χ3n) is 2.79. The molecule has 19 heavy (non-hydrogen) atoms. The minimum atomic E-state index is -0.455. The summed E-state index contributed by atoms with van der Waals surface area (Å²) in [6.07, 6.45) is 1.59. The SMILES string of the molecule is CCCC(N)C(=O)Nc1nc2c(C)cccc2s1.Cl. The Hall–Kier alpha value is -1.17. The number of hydrogen-bond donors (Lipinski definition) is 2. The number of aromatic nitrogens is 1. The average Bonchev–Trinajstić information content (AvgIpc) is 2.73. The van der Waals surface area contributed by atoms with E-state index in [4.69, 9.17) is 5.73 Å². The van der Waals surface area contributed by atoms with E-state index in [0.717, 1.165) is 22.2 Å². The van der Waals surface area contributed by atoms with Crippen LogP contribution in [0.15, 0.2) is 18.2 Å². The molecule has 3 N–H and O–H groups in total. The first-order valence-electron chi connectivity index (χ1n) is 6.04. The standard InChI is InChI=1S/C13H17N3OS.ClH/c1-3-5-9(14)12(17)16-13-15-11-8(2)6-4-7-10(11)18-13;/h4,6-7,9H,3,5,14H2,1-2H3,(H,15,16,17);1H. The Morgan fingerprint density at radius 3 is 2.89 bits per heavy atom. The molecule has 0 radical (unpaired) electrons. The summed E-state index contributed by atoms with van der Waals surface area (Å²) in [5.74, 6) is -0.159. The van der Waals surface area contributed by atoms with Crippen LogP contribution in [0.25, 0.3) is 10.2 Å². The van der Waals surface area contributed by atoms with Crippen LogP contribution in [0.1, 0.15) is 25.3 Å². The number of amides is 1. The van der Waals surface area contributed by atoms with Crippen LogP contribution in [0.3, 0.4) is 0 Å². The highest BCUT2D eigenvalue weighted by Gasteiger charge is 2.14. The third-order valence-corrected chi connectivity index (χ3v) is 3.72. The van der Waals surface area contributed by atoms with Crippen molar-refractivity contribution in [2.75, 3.05) is 5.32 Å². The zero-order valence-corrected chi connectivity index (χ0v) is 12.6. The second-order valence-electron chi connectivity index (χ2n) is 4.33. The molecule has 0 saturated carbocycles. The predicted octanol–water partition coefficient (Wildman–Crippen LogP) is 3.09. The molecule has 6 heteroatoms. The van der Waals surface area contributed by atoms with Crippen molar-refractivity contribution in [3.8, 4) is 0 Å². The topological polar surface area (TPSA) is 68.0 Å². The maximum Gasteiger partial charge on any atom is 0.243 e. The molecular weight excluding hydrogens is 282 g/mol. The van der Waals surface area contributed by atoms with Crippen molar-refractivity contribution in [2.45, 2.75) is 32.7 Å². The van der Waals surface area contributed by atoms with Gasteiger partial charge < -0.3 is 11.1 Å². The van der Waals surface area contributed by atoms with E-state index in [-0.39, 0.29) is 18.3 Å². The normalized spacial score (nSPS) is 11.9. The van der Waals surface area contributed by atoms with Crippen molar-refractivity contribution in [1.29, 1.82) is 0 Å². The lowest BCUT2D eigenvalue weighted by Crippen LogP contribution is -2.35. The molecule has 104 valence electrons. The van der Waals surface area contributed by atoms with Gasteiger partial charge in [-0.1, -0.05) is 36.8 Å². The van der Waals surface area contributed by atoms with Gasteiger partial charge in [0.15, 0.2) is 5.13 Å². The largest absolute Gasteiger partial charge is 0.320 e. The van der Waals surface area contributed by atoms with Gasteiger partial charge in [0.25, 0.3) is 0 Å². The number of anilines is 1. The van der Waals surface area contributed by atoms with E-state index in [1.54, 1.807) is 0 Å². The number of halogens is 1. The van der Waals surface area contributed by atoms with Crippen LogP contribution in [0, 0.1) is 6.92 Å². The summed E-state index contributed by atoms with van der Waals surface area (Å²) in [4.78, 5) is 16.2. The Kier molecular flexibility index (Phi) is 5.72. The molecule has 1 aromatic carbocycles. The summed E-state index contributed by atoms with van der Waals surface area (Å²) < 4.78 is 1.08. The van der Waals surface area contributed by atoms with Gasteiger partial charge in [-0.2, -0.15) is 0 Å². The van der Waals surface area contributed by atoms with Crippen molar-refractivity contribution in [1.82, 2.24) is 4.98 Å². The van der Waals surface area contributed by atoms with Crippen molar-refractivity contribution in [3.63, 3.8) is 0 Å². The van der Waals surface area contributed by atoms with Gasteiger partial charge in [0, 0.05) is 0 Å². The van der Waals surface area contributed by atoms with Crippen LogP contribution in [-0.2, 0) is 4.79 Å². The lowest BCUT2D eigenvalue weighted by molar-refractivity contribution is -0.117. The van der Waals surface area contributed by atoms with E-state index in [9.17, 15) is 4.79 Å². The third kappa shape index (κ3) is 3.65. The Morgan fingerprint density at radius 1 is 1.53 bits per heavy atom. The molecule has 0 aliphatic rings. The van der Waals surface area contributed by atoms with Gasteiger partial charge in [0.05, 0.1) is 16.3 Å². The molecular formula is C13H18ClN3OS. The van der Waals surface area contributed by atoms with Crippen molar-refractivity contribution < 1.29 is 4.79 Å². The summed E-state index contributed by atoms with van der Waals surface area (Å²) in [5.41, 5.74) is 7.82. The number of carbonyl (C=O) groups excluding carboxylic acids is 1. The molecule has 0 saturated heterocycles. The lowest BCUT2D eigenvalue weighted by Gasteiger charge is -2.08. The number of nitrogens with one attached hydrogen (secondary N) is 1. The zero-order chi connectivity index (χ0) is 13.1. The van der Waals surface area contributed by atoms with Gasteiger partial charge in [-0.25, -0.2) is 4.98 Å². The van der Waals surface area contributed by atoms with Crippen LogP contribution >= 0.6 is 23.7 Å². The van der Waals surface area contributed by atoms with Crippen LogP contribution in [0.2, 0.25) is 0 Å². The lowest BCUT2D eigenvalue weighted by atomic mass is 10.2. The summed E-state index contributed by atoms with van der Waals surface area (Å²) in [6.45, 7) is 4.02. The fraction of sp³-hybridized carbons (Fsp3) is 0.385. The minimum Gasteiger partial charge on any atom is -0.320 e. The molecule has 0 fully saturated rings. The number of aryl methyl sites for hydroxylation is 1. The van der Waals surface area contributed by atoms with Gasteiger partial charge in [0.2, 0.25) is 5.91 Å². The number of carbonyl (C=O) groups is 1. The van der Waals surface area contributed by atoms with Gasteiger partial charge in [-0.3, -0.25) is 4.79 Å². The van der Waals surface area contributed by atoms with Crippen LogP contribution in [0.4, 0.5) is 5.13 Å². The smallest absolute Gasteiger partial charge is 0.243 e. The molecule has 0 aliphatic heterocycles. The van der Waals surface area contributed by atoms with E-state index >= 15 is 0 Å². The molecule has 1 atom stereocenters. The second kappa shape index (κ2) is 6.84. The van der Waals surface area contributed by atoms with E-state index < -0.39 is 6.04 Å². The first kappa shape index (κ1) is 15.9. The first-order chi connectivity index (χ1) is 8.61. The molecule has 2 rings (SSSR count). The molecule has 1 amide bonds. The summed E-state index contributed by atoms with van der Waals surface area (Å²) >= 11 is 1.48. The first-order valence-corrected chi connectivity index (χ1v) is 6.86. The van der Waals surface area contributed by atoms with Gasteiger partial charge in [-0.05, 0) is 25.0 Å². The van der Waals surface area contributed by atoms with Crippen LogP contribution < -0.4 is 11.1 Å². The van der Waals surface area contributed by atoms with Crippen LogP contribution in [0.5, 0.6) is 0 Å². The van der Waals surface area contributed by atoms with Gasteiger partial charge in [0.1, 0.15) is 0 Å². The molecule has 1 heterocycles. The second-order valence-corrected chi connectivity index (χ2v) is 5.36. The summed E-state index contributed by atoms with van der Waals surface area (Å²) in [7, 11) is 0. The van der Waals surface area contributed by atoms with Crippen molar-refractivity contribution in [3.05, 3.63) is 23.8 Å². The Labute approximate surface area is 122 Å². The molecule has 0 bridgehead atoms. The number of fused-ring (bicyclic) bond motifs is 1. The van der Waals surface area contributed by atoms with E-state index in [1.165, 1.54) is 11.3 Å². The highest BCUT2D eigenvalue weighted by molar-refractivity contribution is 7.22. The quantitative estimate of drug-likeness (QED) is 0.911. The monoisotopic (exact) mass is 299 g/mol. The Morgan fingerprint density at radius 2 is 2.26 bits per heavy atom. The number of nitrogens with zero attached hydrogens (tertiary/aromatic N) is 1. The Bertz CT molecular complexity index is 570. The van der Waals surface area contributed by atoms with E-state index in [0.29, 0.717) is 11.6 Å². The minimum absolute atomic E-state index is 0. The zero-order valence-electron chi connectivity index (χ0n) is 11.0. The summed E-state index contributed by atoms with van der Waals surface area (Å²) in [5, 5.41) is 3.41. The van der Waals surface area contributed by atoms with Crippen molar-refractivity contribution in [2.24, 2.45) is 5.73 Å². The number of para-hydroxylation sites is 1. The average molecular weight is 300 g/mol. The molecule has 1 aromatic heterocycles. The maximum absolute atomic E-state index is 11.8. The summed E-state index contributed by atoms with van der Waals surface area (Å²) in [6, 6.07) is 5.55. The highest BCUT2D eigenvalue weighted by Crippen LogP contribution is 2.27. The molecule has 0 spiro atoms. The predicted molar refractivity (Wildman–Crippen MR) is 83.1 cm³/mol. The molecule has 0 aliphatic carbocycles. The van der Waals surface area contributed by atoms with E-state index in [1.807, 2.05) is 32.0 Å². The number of nitrogens with two attached hydrogens (primary N) is 1. The molecule has 1 unspecified atom stereocenters. The van der Waals surface area contributed by atoms with Crippen LogP contribution in [-0.4, -0.2) is 16.9 Å². The molecule has 4 nitrogen and oxygen atoms in total. The molecule has 2 aromatic rings. The maximum atomic E-state index is 11.8. The van der Waals surface area contributed by atoms with E-state index in [2.05, 4.69) is 10.3 Å². The number of rotatable bonds is 4. The number of thiazole rings is 1. The number of hydrogen-bond acceptors (Lipinski definition) is 4. The van der Waals surface area contributed by atoms with Crippen molar-refractivity contribution >= 4 is 45.0 Å².